The maximum absolute atomic E-state index is 4.16. The summed E-state index contributed by atoms with van der Waals surface area (Å²) in [6, 6.07) is 1.97. The molecule has 1 heterocycles. The van der Waals surface area contributed by atoms with Crippen LogP contribution in [0.15, 0.2) is 18.5 Å². The number of hydrogen-bond donors (Lipinski definition) is 0. The van der Waals surface area contributed by atoms with Gasteiger partial charge in [-0.05, 0) is 17.9 Å². The highest BCUT2D eigenvalue weighted by molar-refractivity contribution is 4.78. The Morgan fingerprint density at radius 2 is 2.09 bits per heavy atom. The van der Waals surface area contributed by atoms with E-state index in [9.17, 15) is 0 Å². The van der Waals surface area contributed by atoms with Gasteiger partial charge in [-0.25, -0.2) is 0 Å². The number of nitrogens with zero attached hydrogens (tertiary/aromatic N) is 2. The molecule has 11 heavy (non-hydrogen) atoms. The molecule has 1 rings (SSSR count). The summed E-state index contributed by atoms with van der Waals surface area (Å²) in [5, 5.41) is 4.16. The monoisotopic (exact) mass is 152 g/mol. The van der Waals surface area contributed by atoms with Crippen LogP contribution in [0.2, 0.25) is 0 Å². The predicted molar refractivity (Wildman–Crippen MR) is 46.2 cm³/mol. The Morgan fingerprint density at radius 1 is 1.36 bits per heavy atom. The fraction of sp³-hybridized carbons (Fsp3) is 0.667. The van der Waals surface area contributed by atoms with E-state index in [1.807, 2.05) is 23.1 Å². The van der Waals surface area contributed by atoms with Gasteiger partial charge in [-0.3, -0.25) is 4.68 Å². The van der Waals surface area contributed by atoms with Crippen molar-refractivity contribution in [2.45, 2.75) is 27.3 Å². The van der Waals surface area contributed by atoms with E-state index in [-0.39, 0.29) is 0 Å². The van der Waals surface area contributed by atoms with E-state index >= 15 is 0 Å². The lowest BCUT2D eigenvalue weighted by Crippen LogP contribution is -2.13. The quantitative estimate of drug-likeness (QED) is 0.649. The minimum atomic E-state index is 0.704. The molecule has 2 heteroatoms. The van der Waals surface area contributed by atoms with E-state index in [0.717, 1.165) is 12.5 Å². The molecule has 1 aromatic heterocycles. The first-order valence-corrected chi connectivity index (χ1v) is 4.17. The van der Waals surface area contributed by atoms with Crippen molar-refractivity contribution in [2.75, 3.05) is 0 Å². The molecule has 0 radical (unpaired) electrons. The third kappa shape index (κ3) is 2.37. The molecule has 0 aromatic carbocycles. The molecule has 0 unspecified atom stereocenters. The highest BCUT2D eigenvalue weighted by Crippen LogP contribution is 2.11. The molecule has 1 atom stereocenters. The fourth-order valence-electron chi connectivity index (χ4n) is 0.914. The van der Waals surface area contributed by atoms with Gasteiger partial charge in [0.15, 0.2) is 0 Å². The van der Waals surface area contributed by atoms with Crippen LogP contribution < -0.4 is 0 Å². The maximum atomic E-state index is 4.16. The summed E-state index contributed by atoms with van der Waals surface area (Å²) in [5.74, 6) is 1.44. The first-order valence-electron chi connectivity index (χ1n) is 4.17. The van der Waals surface area contributed by atoms with Gasteiger partial charge in [0.2, 0.25) is 0 Å². The lowest BCUT2D eigenvalue weighted by Gasteiger charge is -2.14. The number of hydrogen-bond acceptors (Lipinski definition) is 1. The fourth-order valence-corrected chi connectivity index (χ4v) is 0.914. The Bertz CT molecular complexity index is 189. The standard InChI is InChI=1S/C9H16N2/c1-8(2)9(3)7-11-6-4-5-10-11/h4-6,8-9H,7H2,1-3H3/t9-/m0/s1. The van der Waals surface area contributed by atoms with Crippen LogP contribution in [0.3, 0.4) is 0 Å². The zero-order valence-electron chi connectivity index (χ0n) is 7.49. The highest BCUT2D eigenvalue weighted by Gasteiger charge is 2.06. The molecular weight excluding hydrogens is 136 g/mol. The van der Waals surface area contributed by atoms with Crippen molar-refractivity contribution in [3.8, 4) is 0 Å². The second-order valence-corrected chi connectivity index (χ2v) is 3.45. The van der Waals surface area contributed by atoms with Crippen molar-refractivity contribution in [1.29, 1.82) is 0 Å². The van der Waals surface area contributed by atoms with Gasteiger partial charge in [0.05, 0.1) is 0 Å². The lowest BCUT2D eigenvalue weighted by molar-refractivity contribution is 0.349. The molecule has 0 fully saturated rings. The molecule has 0 aliphatic heterocycles. The Hall–Kier alpha value is -0.790. The summed E-state index contributed by atoms with van der Waals surface area (Å²) in [5.41, 5.74) is 0. The summed E-state index contributed by atoms with van der Waals surface area (Å²) in [7, 11) is 0. The van der Waals surface area contributed by atoms with Gasteiger partial charge in [0.25, 0.3) is 0 Å². The average molecular weight is 152 g/mol. The van der Waals surface area contributed by atoms with Crippen molar-refractivity contribution >= 4 is 0 Å². The number of rotatable bonds is 3. The van der Waals surface area contributed by atoms with E-state index in [4.69, 9.17) is 0 Å². The third-order valence-electron chi connectivity index (χ3n) is 2.17. The van der Waals surface area contributed by atoms with Crippen molar-refractivity contribution in [3.05, 3.63) is 18.5 Å². The molecule has 0 spiro atoms. The third-order valence-corrected chi connectivity index (χ3v) is 2.17. The van der Waals surface area contributed by atoms with Crippen molar-refractivity contribution in [3.63, 3.8) is 0 Å². The van der Waals surface area contributed by atoms with Gasteiger partial charge >= 0.3 is 0 Å². The zero-order valence-corrected chi connectivity index (χ0v) is 7.49. The molecule has 62 valence electrons. The normalized spacial score (nSPS) is 13.8. The Morgan fingerprint density at radius 3 is 2.55 bits per heavy atom. The number of aromatic nitrogens is 2. The van der Waals surface area contributed by atoms with E-state index < -0.39 is 0 Å². The van der Waals surface area contributed by atoms with Crippen LogP contribution in [0.4, 0.5) is 0 Å². The average Bonchev–Trinajstić information content (AvgIpc) is 2.39. The van der Waals surface area contributed by atoms with Crippen LogP contribution in [-0.2, 0) is 6.54 Å². The van der Waals surface area contributed by atoms with E-state index in [0.29, 0.717) is 5.92 Å². The maximum Gasteiger partial charge on any atom is 0.0489 e. The predicted octanol–water partition coefficient (Wildman–Crippen LogP) is 2.18. The van der Waals surface area contributed by atoms with Gasteiger partial charge in [-0.1, -0.05) is 20.8 Å². The van der Waals surface area contributed by atoms with Crippen molar-refractivity contribution in [1.82, 2.24) is 9.78 Å². The molecule has 0 aliphatic carbocycles. The summed E-state index contributed by atoms with van der Waals surface area (Å²) >= 11 is 0. The van der Waals surface area contributed by atoms with Gasteiger partial charge in [0.1, 0.15) is 0 Å². The first-order chi connectivity index (χ1) is 5.20. The van der Waals surface area contributed by atoms with Crippen LogP contribution in [0.5, 0.6) is 0 Å². The van der Waals surface area contributed by atoms with Gasteiger partial charge in [0, 0.05) is 18.9 Å². The zero-order chi connectivity index (χ0) is 8.27. The van der Waals surface area contributed by atoms with E-state index in [2.05, 4.69) is 25.9 Å². The molecular formula is C9H16N2. The van der Waals surface area contributed by atoms with Crippen LogP contribution in [0.1, 0.15) is 20.8 Å². The summed E-state index contributed by atoms with van der Waals surface area (Å²) < 4.78 is 1.99. The Labute approximate surface area is 68.2 Å². The van der Waals surface area contributed by atoms with Crippen LogP contribution in [0.25, 0.3) is 0 Å². The summed E-state index contributed by atoms with van der Waals surface area (Å²) in [6.45, 7) is 7.78. The SMILES string of the molecule is CC(C)[C@@H](C)Cn1cccn1. The second kappa shape index (κ2) is 3.56. The molecule has 0 amide bonds. The molecule has 0 saturated heterocycles. The minimum Gasteiger partial charge on any atom is -0.272 e. The Balaban J connectivity index is 2.43. The molecule has 0 aliphatic rings. The van der Waals surface area contributed by atoms with Crippen LogP contribution in [0, 0.1) is 11.8 Å². The second-order valence-electron chi connectivity index (χ2n) is 3.45. The Kier molecular flexibility index (Phi) is 2.69. The molecule has 0 N–H and O–H groups in total. The van der Waals surface area contributed by atoms with E-state index in [1.54, 1.807) is 0 Å². The largest absolute Gasteiger partial charge is 0.272 e. The molecule has 0 bridgehead atoms. The highest BCUT2D eigenvalue weighted by atomic mass is 15.3. The summed E-state index contributed by atoms with van der Waals surface area (Å²) in [6.07, 6.45) is 3.84. The van der Waals surface area contributed by atoms with E-state index in [1.165, 1.54) is 0 Å². The summed E-state index contributed by atoms with van der Waals surface area (Å²) in [4.78, 5) is 0. The molecule has 1 aromatic rings. The molecule has 0 saturated carbocycles. The van der Waals surface area contributed by atoms with Crippen molar-refractivity contribution in [2.24, 2.45) is 11.8 Å². The smallest absolute Gasteiger partial charge is 0.0489 e. The van der Waals surface area contributed by atoms with Gasteiger partial charge in [-0.15, -0.1) is 0 Å². The van der Waals surface area contributed by atoms with Crippen molar-refractivity contribution < 1.29 is 0 Å². The minimum absolute atomic E-state index is 0.704. The van der Waals surface area contributed by atoms with Gasteiger partial charge < -0.3 is 0 Å². The molecule has 2 nitrogen and oxygen atoms in total. The lowest BCUT2D eigenvalue weighted by atomic mass is 9.98. The van der Waals surface area contributed by atoms with Crippen LogP contribution in [-0.4, -0.2) is 9.78 Å². The van der Waals surface area contributed by atoms with Gasteiger partial charge in [-0.2, -0.15) is 5.10 Å². The topological polar surface area (TPSA) is 17.8 Å². The first kappa shape index (κ1) is 8.31. The van der Waals surface area contributed by atoms with Crippen LogP contribution >= 0.6 is 0 Å².